The summed E-state index contributed by atoms with van der Waals surface area (Å²) in [6, 6.07) is 7.34. The van der Waals surface area contributed by atoms with E-state index in [2.05, 4.69) is 4.98 Å². The summed E-state index contributed by atoms with van der Waals surface area (Å²) >= 11 is 6.01. The molecule has 6 heteroatoms. The predicted octanol–water partition coefficient (Wildman–Crippen LogP) is 3.82. The fraction of sp³-hybridized carbons (Fsp3) is 0.389. The lowest BCUT2D eigenvalue weighted by Gasteiger charge is -2.24. The van der Waals surface area contributed by atoms with E-state index in [-0.39, 0.29) is 5.56 Å². The zero-order valence-corrected chi connectivity index (χ0v) is 14.3. The molecular formula is C18H19ClN4O. The van der Waals surface area contributed by atoms with Crippen molar-refractivity contribution in [3.8, 4) is 5.69 Å². The van der Waals surface area contributed by atoms with Crippen LogP contribution in [0.3, 0.4) is 0 Å². The van der Waals surface area contributed by atoms with Gasteiger partial charge in [-0.2, -0.15) is 0 Å². The van der Waals surface area contributed by atoms with Gasteiger partial charge >= 0.3 is 0 Å². The van der Waals surface area contributed by atoms with Crippen molar-refractivity contribution in [3.63, 3.8) is 0 Å². The Morgan fingerprint density at radius 3 is 2.54 bits per heavy atom. The number of fused-ring (bicyclic) bond motifs is 1. The van der Waals surface area contributed by atoms with E-state index in [1.54, 1.807) is 23.0 Å². The van der Waals surface area contributed by atoms with Gasteiger partial charge in [0.15, 0.2) is 11.2 Å². The molecule has 0 bridgehead atoms. The highest BCUT2D eigenvalue weighted by Crippen LogP contribution is 2.32. The smallest absolute Gasteiger partial charge is 0.286 e. The normalized spacial score (nSPS) is 15.9. The first-order valence-corrected chi connectivity index (χ1v) is 8.73. The summed E-state index contributed by atoms with van der Waals surface area (Å²) in [5.41, 5.74) is 1.76. The summed E-state index contributed by atoms with van der Waals surface area (Å²) in [5.74, 6) is 1.15. The van der Waals surface area contributed by atoms with Gasteiger partial charge < -0.3 is 4.57 Å². The van der Waals surface area contributed by atoms with Crippen LogP contribution in [0, 0.1) is 0 Å². The van der Waals surface area contributed by atoms with Crippen molar-refractivity contribution in [1.82, 2.24) is 19.1 Å². The Balaban J connectivity index is 1.99. The number of aromatic nitrogens is 4. The Bertz CT molecular complexity index is 936. The van der Waals surface area contributed by atoms with Crippen molar-refractivity contribution in [1.29, 1.82) is 0 Å². The average molecular weight is 343 g/mol. The first kappa shape index (κ1) is 15.4. The highest BCUT2D eigenvalue weighted by Gasteiger charge is 2.24. The largest absolute Gasteiger partial charge is 0.318 e. The molecule has 124 valence electrons. The first-order valence-electron chi connectivity index (χ1n) is 8.35. The van der Waals surface area contributed by atoms with Crippen molar-refractivity contribution in [2.75, 3.05) is 0 Å². The third-order valence-electron chi connectivity index (χ3n) is 4.82. The standard InChI is InChI=1S/C18H19ClN4O/c1-22-11-20-15-17(22)21-16(12-5-3-2-4-6-12)23(18(15)24)14-9-7-13(19)8-10-14/h7-12H,2-6H2,1H3. The van der Waals surface area contributed by atoms with Gasteiger partial charge in [0, 0.05) is 18.0 Å². The van der Waals surface area contributed by atoms with E-state index < -0.39 is 0 Å². The van der Waals surface area contributed by atoms with Crippen molar-refractivity contribution < 1.29 is 0 Å². The number of hydrogen-bond donors (Lipinski definition) is 0. The predicted molar refractivity (Wildman–Crippen MR) is 94.9 cm³/mol. The summed E-state index contributed by atoms with van der Waals surface area (Å²) < 4.78 is 3.54. The number of nitrogens with zero attached hydrogens (tertiary/aromatic N) is 4. The first-order chi connectivity index (χ1) is 11.6. The minimum absolute atomic E-state index is 0.108. The Morgan fingerprint density at radius 1 is 1.12 bits per heavy atom. The van der Waals surface area contributed by atoms with E-state index in [1.165, 1.54) is 19.3 Å². The second-order valence-corrected chi connectivity index (χ2v) is 6.89. The molecule has 4 rings (SSSR count). The lowest BCUT2D eigenvalue weighted by Crippen LogP contribution is -2.27. The van der Waals surface area contributed by atoms with Crippen molar-refractivity contribution >= 4 is 22.8 Å². The summed E-state index contributed by atoms with van der Waals surface area (Å²) in [6.07, 6.45) is 7.42. The lowest BCUT2D eigenvalue weighted by atomic mass is 9.88. The summed E-state index contributed by atoms with van der Waals surface area (Å²) in [7, 11) is 1.87. The molecule has 24 heavy (non-hydrogen) atoms. The molecule has 1 saturated carbocycles. The summed E-state index contributed by atoms with van der Waals surface area (Å²) in [5, 5.41) is 0.651. The van der Waals surface area contributed by atoms with Crippen LogP contribution in [-0.4, -0.2) is 19.1 Å². The van der Waals surface area contributed by atoms with E-state index in [1.807, 2.05) is 23.7 Å². The molecule has 0 radical (unpaired) electrons. The van der Waals surface area contributed by atoms with Crippen LogP contribution in [-0.2, 0) is 7.05 Å². The van der Waals surface area contributed by atoms with Crippen LogP contribution >= 0.6 is 11.6 Å². The molecule has 2 heterocycles. The highest BCUT2D eigenvalue weighted by molar-refractivity contribution is 6.30. The molecule has 0 atom stereocenters. The maximum absolute atomic E-state index is 13.1. The Kier molecular flexibility index (Phi) is 3.88. The van der Waals surface area contributed by atoms with Crippen LogP contribution in [0.2, 0.25) is 5.02 Å². The van der Waals surface area contributed by atoms with Gasteiger partial charge in [-0.1, -0.05) is 30.9 Å². The van der Waals surface area contributed by atoms with Crippen LogP contribution in [0.4, 0.5) is 0 Å². The van der Waals surface area contributed by atoms with Crippen LogP contribution in [0.15, 0.2) is 35.4 Å². The van der Waals surface area contributed by atoms with Gasteiger partial charge in [0.05, 0.1) is 12.0 Å². The molecule has 3 aromatic rings. The molecule has 1 fully saturated rings. The van der Waals surface area contributed by atoms with E-state index >= 15 is 0 Å². The maximum atomic E-state index is 13.1. The second kappa shape index (κ2) is 6.06. The Morgan fingerprint density at radius 2 is 1.83 bits per heavy atom. The van der Waals surface area contributed by atoms with Crippen LogP contribution < -0.4 is 5.56 Å². The third kappa shape index (κ3) is 2.53. The van der Waals surface area contributed by atoms with Crippen molar-refractivity contribution in [2.24, 2.45) is 7.05 Å². The fourth-order valence-corrected chi connectivity index (χ4v) is 3.68. The maximum Gasteiger partial charge on any atom is 0.286 e. The topological polar surface area (TPSA) is 52.7 Å². The summed E-state index contributed by atoms with van der Waals surface area (Å²) in [6.45, 7) is 0. The molecule has 0 unspecified atom stereocenters. The summed E-state index contributed by atoms with van der Waals surface area (Å²) in [4.78, 5) is 22.2. The van der Waals surface area contributed by atoms with Crippen molar-refractivity contribution in [3.05, 3.63) is 51.8 Å². The molecule has 2 aromatic heterocycles. The molecule has 1 aromatic carbocycles. The van der Waals surface area contributed by atoms with Crippen LogP contribution in [0.5, 0.6) is 0 Å². The molecule has 1 aliphatic carbocycles. The number of benzene rings is 1. The molecule has 0 aliphatic heterocycles. The van der Waals surface area contributed by atoms with Gasteiger partial charge in [0.25, 0.3) is 5.56 Å². The third-order valence-corrected chi connectivity index (χ3v) is 5.07. The SMILES string of the molecule is Cn1cnc2c(=O)n(-c3ccc(Cl)cc3)c(C3CCCCC3)nc21. The van der Waals surface area contributed by atoms with E-state index in [4.69, 9.17) is 16.6 Å². The molecule has 0 amide bonds. The monoisotopic (exact) mass is 342 g/mol. The number of hydrogen-bond acceptors (Lipinski definition) is 3. The van der Waals surface area contributed by atoms with E-state index in [9.17, 15) is 4.79 Å². The highest BCUT2D eigenvalue weighted by atomic mass is 35.5. The molecule has 1 aliphatic rings. The van der Waals surface area contributed by atoms with Gasteiger partial charge in [-0.15, -0.1) is 0 Å². The van der Waals surface area contributed by atoms with Gasteiger partial charge in [-0.25, -0.2) is 9.97 Å². The number of rotatable bonds is 2. The van der Waals surface area contributed by atoms with Crippen molar-refractivity contribution in [2.45, 2.75) is 38.0 Å². The van der Waals surface area contributed by atoms with Gasteiger partial charge in [0.1, 0.15) is 5.82 Å². The van der Waals surface area contributed by atoms with Gasteiger partial charge in [-0.05, 0) is 37.1 Å². The molecule has 0 spiro atoms. The molecule has 0 saturated heterocycles. The lowest BCUT2D eigenvalue weighted by molar-refractivity contribution is 0.422. The molecule has 0 N–H and O–H groups in total. The zero-order chi connectivity index (χ0) is 16.7. The number of imidazole rings is 1. The Labute approximate surface area is 144 Å². The van der Waals surface area contributed by atoms with Crippen LogP contribution in [0.1, 0.15) is 43.8 Å². The number of aryl methyl sites for hydroxylation is 1. The minimum Gasteiger partial charge on any atom is -0.318 e. The minimum atomic E-state index is -0.108. The molecule has 5 nitrogen and oxygen atoms in total. The Hall–Kier alpha value is -2.14. The quantitative estimate of drug-likeness (QED) is 0.711. The van der Waals surface area contributed by atoms with Gasteiger partial charge in [-0.3, -0.25) is 9.36 Å². The molecular weight excluding hydrogens is 324 g/mol. The van der Waals surface area contributed by atoms with E-state index in [0.717, 1.165) is 24.4 Å². The average Bonchev–Trinajstić information content (AvgIpc) is 2.98. The second-order valence-electron chi connectivity index (χ2n) is 6.45. The van der Waals surface area contributed by atoms with E-state index in [0.29, 0.717) is 22.1 Å². The zero-order valence-electron chi connectivity index (χ0n) is 13.6. The number of halogens is 1. The van der Waals surface area contributed by atoms with Crippen LogP contribution in [0.25, 0.3) is 16.9 Å². The fourth-order valence-electron chi connectivity index (χ4n) is 3.55. The van der Waals surface area contributed by atoms with Gasteiger partial charge in [0.2, 0.25) is 0 Å².